The number of rotatable bonds is 4. The average Bonchev–Trinajstić information content (AvgIpc) is 2.98. The van der Waals surface area contributed by atoms with E-state index in [9.17, 15) is 9.59 Å². The van der Waals surface area contributed by atoms with Crippen molar-refractivity contribution >= 4 is 33.3 Å². The first kappa shape index (κ1) is 15.4. The maximum atomic E-state index is 11.8. The van der Waals surface area contributed by atoms with Crippen molar-refractivity contribution in [1.82, 2.24) is 4.98 Å². The third-order valence-electron chi connectivity index (χ3n) is 3.44. The quantitative estimate of drug-likeness (QED) is 0.529. The predicted molar refractivity (Wildman–Crippen MR) is 91.0 cm³/mol. The Kier molecular flexibility index (Phi) is 4.21. The van der Waals surface area contributed by atoms with Crippen LogP contribution in [0.3, 0.4) is 0 Å². The van der Waals surface area contributed by atoms with E-state index in [1.54, 1.807) is 38.1 Å². The number of aromatic nitrogens is 1. The predicted octanol–water partition coefficient (Wildman–Crippen LogP) is 4.34. The molecule has 1 heterocycles. The summed E-state index contributed by atoms with van der Waals surface area (Å²) in [5, 5.41) is 0.858. The molecule has 0 spiro atoms. The van der Waals surface area contributed by atoms with Gasteiger partial charge in [-0.25, -0.2) is 9.78 Å². The molecule has 1 aromatic heterocycles. The van der Waals surface area contributed by atoms with Crippen LogP contribution in [0.4, 0.5) is 0 Å². The van der Waals surface area contributed by atoms with E-state index in [1.165, 1.54) is 11.3 Å². The van der Waals surface area contributed by atoms with E-state index in [2.05, 4.69) is 4.98 Å². The van der Waals surface area contributed by atoms with Crippen molar-refractivity contribution in [2.75, 3.05) is 6.61 Å². The molecule has 116 valence electrons. The summed E-state index contributed by atoms with van der Waals surface area (Å²) in [6.07, 6.45) is 0. The lowest BCUT2D eigenvalue weighted by Gasteiger charge is -2.00. The highest BCUT2D eigenvalue weighted by atomic mass is 32.1. The number of carbonyl (C=O) groups excluding carboxylic acids is 2. The molecule has 0 saturated heterocycles. The molecule has 4 nitrogen and oxygen atoms in total. The molecule has 0 N–H and O–H groups in total. The molecule has 0 bridgehead atoms. The van der Waals surface area contributed by atoms with Gasteiger partial charge >= 0.3 is 5.97 Å². The molecule has 0 aliphatic carbocycles. The molecular formula is C18H15NO3S. The van der Waals surface area contributed by atoms with Crippen LogP contribution in [0.5, 0.6) is 0 Å². The largest absolute Gasteiger partial charge is 0.462 e. The summed E-state index contributed by atoms with van der Waals surface area (Å²) in [4.78, 5) is 27.7. The van der Waals surface area contributed by atoms with Crippen molar-refractivity contribution < 1.29 is 14.3 Å². The summed E-state index contributed by atoms with van der Waals surface area (Å²) in [5.74, 6) is -0.282. The van der Waals surface area contributed by atoms with Crippen molar-refractivity contribution in [3.63, 3.8) is 0 Å². The van der Waals surface area contributed by atoms with Gasteiger partial charge in [0.15, 0.2) is 5.78 Å². The molecule has 0 aliphatic heterocycles. The van der Waals surface area contributed by atoms with Gasteiger partial charge in [-0.2, -0.15) is 0 Å². The Bertz CT molecular complexity index is 881. The number of fused-ring (bicyclic) bond motifs is 1. The summed E-state index contributed by atoms with van der Waals surface area (Å²) in [5.41, 5.74) is 3.00. The fourth-order valence-electron chi connectivity index (χ4n) is 2.24. The van der Waals surface area contributed by atoms with E-state index >= 15 is 0 Å². The second-order valence-corrected chi connectivity index (χ2v) is 6.09. The molecule has 5 heteroatoms. The lowest BCUT2D eigenvalue weighted by atomic mass is 10.1. The minimum atomic E-state index is -0.324. The molecule has 2 aromatic carbocycles. The highest BCUT2D eigenvalue weighted by Gasteiger charge is 2.11. The van der Waals surface area contributed by atoms with Crippen LogP contribution < -0.4 is 0 Å². The Morgan fingerprint density at radius 1 is 1.09 bits per heavy atom. The van der Waals surface area contributed by atoms with Crippen LogP contribution in [-0.2, 0) is 4.74 Å². The van der Waals surface area contributed by atoms with Gasteiger partial charge in [-0.3, -0.25) is 4.79 Å². The number of hydrogen-bond acceptors (Lipinski definition) is 5. The smallest absolute Gasteiger partial charge is 0.338 e. The summed E-state index contributed by atoms with van der Waals surface area (Å²) in [6, 6.07) is 12.7. The van der Waals surface area contributed by atoms with Gasteiger partial charge in [-0.1, -0.05) is 24.3 Å². The average molecular weight is 325 g/mol. The molecule has 0 aliphatic rings. The number of carbonyl (C=O) groups is 2. The van der Waals surface area contributed by atoms with Crippen LogP contribution in [0.2, 0.25) is 0 Å². The molecule has 0 saturated carbocycles. The Labute approximate surface area is 137 Å². The van der Waals surface area contributed by atoms with Crippen molar-refractivity contribution in [2.45, 2.75) is 13.8 Å². The summed E-state index contributed by atoms with van der Waals surface area (Å²) in [7, 11) is 0. The highest BCUT2D eigenvalue weighted by molar-refractivity contribution is 7.21. The first-order valence-electron chi connectivity index (χ1n) is 7.27. The Morgan fingerprint density at radius 2 is 1.78 bits per heavy atom. The molecule has 0 amide bonds. The fraction of sp³-hybridized carbons (Fsp3) is 0.167. The molecule has 3 rings (SSSR count). The molecular weight excluding hydrogens is 310 g/mol. The lowest BCUT2D eigenvalue weighted by Crippen LogP contribution is -2.03. The first-order valence-corrected chi connectivity index (χ1v) is 8.09. The highest BCUT2D eigenvalue weighted by Crippen LogP contribution is 2.31. The van der Waals surface area contributed by atoms with Crippen molar-refractivity contribution in [3.8, 4) is 10.6 Å². The molecule has 0 atom stereocenters. The van der Waals surface area contributed by atoms with E-state index < -0.39 is 0 Å². The van der Waals surface area contributed by atoms with Crippen molar-refractivity contribution in [2.24, 2.45) is 0 Å². The number of esters is 1. The fourth-order valence-corrected chi connectivity index (χ4v) is 3.25. The van der Waals surface area contributed by atoms with Gasteiger partial charge in [0.05, 0.1) is 22.4 Å². The van der Waals surface area contributed by atoms with Crippen LogP contribution >= 0.6 is 11.3 Å². The van der Waals surface area contributed by atoms with Crippen LogP contribution in [0, 0.1) is 0 Å². The van der Waals surface area contributed by atoms with Gasteiger partial charge in [0.1, 0.15) is 5.01 Å². The van der Waals surface area contributed by atoms with Gasteiger partial charge in [-0.15, -0.1) is 11.3 Å². The normalized spacial score (nSPS) is 10.7. The SMILES string of the molecule is CCOC(=O)c1ccc2nc(-c3ccc(C(C)=O)cc3)sc2c1. The van der Waals surface area contributed by atoms with Crippen molar-refractivity contribution in [1.29, 1.82) is 0 Å². The number of thiazole rings is 1. The molecule has 3 aromatic rings. The van der Waals surface area contributed by atoms with Crippen LogP contribution in [0.15, 0.2) is 42.5 Å². The van der Waals surface area contributed by atoms with Crippen molar-refractivity contribution in [3.05, 3.63) is 53.6 Å². The molecule has 23 heavy (non-hydrogen) atoms. The summed E-state index contributed by atoms with van der Waals surface area (Å²) < 4.78 is 5.95. The Morgan fingerprint density at radius 3 is 2.43 bits per heavy atom. The number of ether oxygens (including phenoxy) is 1. The van der Waals surface area contributed by atoms with Gasteiger partial charge in [0.2, 0.25) is 0 Å². The van der Waals surface area contributed by atoms with Crippen LogP contribution in [-0.4, -0.2) is 23.3 Å². The zero-order chi connectivity index (χ0) is 16.4. The van der Waals surface area contributed by atoms with E-state index in [-0.39, 0.29) is 11.8 Å². The second kappa shape index (κ2) is 6.30. The van der Waals surface area contributed by atoms with Gasteiger partial charge in [0, 0.05) is 11.1 Å². The lowest BCUT2D eigenvalue weighted by molar-refractivity contribution is 0.0526. The minimum absolute atomic E-state index is 0.0416. The maximum absolute atomic E-state index is 11.8. The first-order chi connectivity index (χ1) is 11.1. The maximum Gasteiger partial charge on any atom is 0.338 e. The number of nitrogens with zero attached hydrogens (tertiary/aromatic N) is 1. The summed E-state index contributed by atoms with van der Waals surface area (Å²) >= 11 is 1.51. The number of benzene rings is 2. The van der Waals surface area contributed by atoms with Gasteiger partial charge < -0.3 is 4.74 Å². The number of Topliss-reactive ketones (excluding diaryl/α,β-unsaturated/α-hetero) is 1. The van der Waals surface area contributed by atoms with Crippen LogP contribution in [0.1, 0.15) is 34.6 Å². The van der Waals surface area contributed by atoms with E-state index in [4.69, 9.17) is 4.74 Å². The van der Waals surface area contributed by atoms with Gasteiger partial charge in [0.25, 0.3) is 0 Å². The van der Waals surface area contributed by atoms with E-state index in [0.717, 1.165) is 20.8 Å². The van der Waals surface area contributed by atoms with E-state index in [1.807, 2.05) is 18.2 Å². The topological polar surface area (TPSA) is 56.3 Å². The second-order valence-electron chi connectivity index (χ2n) is 5.06. The molecule has 0 radical (unpaired) electrons. The number of ketones is 1. The molecule has 0 unspecified atom stereocenters. The Hall–Kier alpha value is -2.53. The van der Waals surface area contributed by atoms with E-state index in [0.29, 0.717) is 17.7 Å². The third-order valence-corrected chi connectivity index (χ3v) is 4.51. The van der Waals surface area contributed by atoms with Crippen LogP contribution in [0.25, 0.3) is 20.8 Å². The zero-order valence-electron chi connectivity index (χ0n) is 12.8. The minimum Gasteiger partial charge on any atom is -0.462 e. The summed E-state index contributed by atoms with van der Waals surface area (Å²) in [6.45, 7) is 3.68. The third kappa shape index (κ3) is 3.14. The molecule has 0 fully saturated rings. The number of hydrogen-bond donors (Lipinski definition) is 0. The monoisotopic (exact) mass is 325 g/mol. The van der Waals surface area contributed by atoms with Gasteiger partial charge in [-0.05, 0) is 32.0 Å². The zero-order valence-corrected chi connectivity index (χ0v) is 13.6. The standard InChI is InChI=1S/C18H15NO3S/c1-3-22-18(21)14-8-9-15-16(10-14)23-17(19-15)13-6-4-12(5-7-13)11(2)20/h4-10H,3H2,1-2H3. The Balaban J connectivity index is 1.96.